The van der Waals surface area contributed by atoms with Crippen molar-refractivity contribution < 1.29 is 4.79 Å². The minimum atomic E-state index is -0.214. The Morgan fingerprint density at radius 1 is 1.27 bits per heavy atom. The van der Waals surface area contributed by atoms with Gasteiger partial charge in [0.15, 0.2) is 0 Å². The highest BCUT2D eigenvalue weighted by Gasteiger charge is 2.24. The van der Waals surface area contributed by atoms with E-state index in [0.717, 1.165) is 29.8 Å². The van der Waals surface area contributed by atoms with Gasteiger partial charge in [0, 0.05) is 25.4 Å². The van der Waals surface area contributed by atoms with E-state index in [9.17, 15) is 4.79 Å². The molecule has 1 aromatic heterocycles. The summed E-state index contributed by atoms with van der Waals surface area (Å²) in [6.07, 6.45) is 5.38. The summed E-state index contributed by atoms with van der Waals surface area (Å²) >= 11 is 0. The van der Waals surface area contributed by atoms with Crippen LogP contribution in [0.15, 0.2) is 36.7 Å². The zero-order chi connectivity index (χ0) is 16.1. The lowest BCUT2D eigenvalue weighted by atomic mass is 9.98. The molecule has 0 bridgehead atoms. The first kappa shape index (κ1) is 16.3. The van der Waals surface area contributed by atoms with E-state index in [4.69, 9.17) is 0 Å². The van der Waals surface area contributed by atoms with Crippen LogP contribution in [-0.2, 0) is 11.8 Å². The standard InChI is InChI=1S/C18H25N3O/c1-5-14(6-2)18(22)20-16(17-19-11-12-21(17)4)15-10-8-7-9-13(15)3/h7-12,14,16H,5-6H2,1-4H3,(H,20,22). The van der Waals surface area contributed by atoms with Crippen LogP contribution in [0.5, 0.6) is 0 Å². The Bertz CT molecular complexity index is 629. The third-order valence-electron chi connectivity index (χ3n) is 4.26. The minimum Gasteiger partial charge on any atom is -0.342 e. The van der Waals surface area contributed by atoms with E-state index in [1.54, 1.807) is 6.20 Å². The van der Waals surface area contributed by atoms with Gasteiger partial charge in [0.1, 0.15) is 11.9 Å². The van der Waals surface area contributed by atoms with E-state index in [-0.39, 0.29) is 17.9 Å². The largest absolute Gasteiger partial charge is 0.342 e. The number of rotatable bonds is 6. The Kier molecular flexibility index (Phi) is 5.36. The minimum absolute atomic E-state index is 0.0480. The Labute approximate surface area is 132 Å². The van der Waals surface area contributed by atoms with Crippen LogP contribution in [-0.4, -0.2) is 15.5 Å². The number of amides is 1. The van der Waals surface area contributed by atoms with E-state index in [2.05, 4.69) is 43.2 Å². The van der Waals surface area contributed by atoms with Crippen molar-refractivity contribution in [2.45, 2.75) is 39.7 Å². The summed E-state index contributed by atoms with van der Waals surface area (Å²) in [6, 6.07) is 7.92. The second kappa shape index (κ2) is 7.25. The molecule has 0 aliphatic heterocycles. The summed E-state index contributed by atoms with van der Waals surface area (Å²) in [5.74, 6) is 1.00. The van der Waals surface area contributed by atoms with Crippen LogP contribution in [0, 0.1) is 12.8 Å². The highest BCUT2D eigenvalue weighted by molar-refractivity contribution is 5.79. The van der Waals surface area contributed by atoms with Gasteiger partial charge in [0.25, 0.3) is 0 Å². The van der Waals surface area contributed by atoms with E-state index in [0.29, 0.717) is 0 Å². The molecule has 1 unspecified atom stereocenters. The van der Waals surface area contributed by atoms with Gasteiger partial charge < -0.3 is 9.88 Å². The summed E-state index contributed by atoms with van der Waals surface area (Å²) in [6.45, 7) is 6.17. The topological polar surface area (TPSA) is 46.9 Å². The zero-order valence-electron chi connectivity index (χ0n) is 13.8. The quantitative estimate of drug-likeness (QED) is 0.889. The van der Waals surface area contributed by atoms with Crippen LogP contribution >= 0.6 is 0 Å². The van der Waals surface area contributed by atoms with E-state index in [1.165, 1.54) is 0 Å². The lowest BCUT2D eigenvalue weighted by Gasteiger charge is -2.23. The molecule has 1 atom stereocenters. The van der Waals surface area contributed by atoms with Crippen molar-refractivity contribution in [1.82, 2.24) is 14.9 Å². The van der Waals surface area contributed by atoms with Crippen molar-refractivity contribution in [2.75, 3.05) is 0 Å². The number of aromatic nitrogens is 2. The highest BCUT2D eigenvalue weighted by Crippen LogP contribution is 2.24. The first-order valence-electron chi connectivity index (χ1n) is 7.91. The molecule has 0 aliphatic rings. The Hall–Kier alpha value is -2.10. The van der Waals surface area contributed by atoms with Gasteiger partial charge in [0.2, 0.25) is 5.91 Å². The maximum absolute atomic E-state index is 12.6. The van der Waals surface area contributed by atoms with Gasteiger partial charge >= 0.3 is 0 Å². The van der Waals surface area contributed by atoms with Crippen molar-refractivity contribution in [2.24, 2.45) is 13.0 Å². The predicted molar refractivity (Wildman–Crippen MR) is 88.4 cm³/mol. The van der Waals surface area contributed by atoms with E-state index in [1.807, 2.05) is 29.9 Å². The molecule has 2 aromatic rings. The maximum Gasteiger partial charge on any atom is 0.223 e. The fourth-order valence-corrected chi connectivity index (χ4v) is 2.77. The summed E-state index contributed by atoms with van der Waals surface area (Å²) < 4.78 is 1.96. The molecule has 4 heteroatoms. The number of hydrogen-bond donors (Lipinski definition) is 1. The first-order chi connectivity index (χ1) is 10.6. The average molecular weight is 299 g/mol. The maximum atomic E-state index is 12.6. The number of imidazole rings is 1. The Morgan fingerprint density at radius 3 is 2.50 bits per heavy atom. The molecule has 0 spiro atoms. The number of hydrogen-bond acceptors (Lipinski definition) is 2. The van der Waals surface area contributed by atoms with Gasteiger partial charge in [-0.1, -0.05) is 38.1 Å². The first-order valence-corrected chi connectivity index (χ1v) is 7.91. The third-order valence-corrected chi connectivity index (χ3v) is 4.26. The molecule has 118 valence electrons. The number of carbonyl (C=O) groups excluding carboxylic acids is 1. The van der Waals surface area contributed by atoms with Crippen LogP contribution in [0.25, 0.3) is 0 Å². The smallest absolute Gasteiger partial charge is 0.223 e. The van der Waals surface area contributed by atoms with Crippen molar-refractivity contribution in [1.29, 1.82) is 0 Å². The van der Waals surface area contributed by atoms with Crippen LogP contribution in [0.4, 0.5) is 0 Å². The number of nitrogens with one attached hydrogen (secondary N) is 1. The molecule has 0 radical (unpaired) electrons. The van der Waals surface area contributed by atoms with Crippen molar-refractivity contribution in [3.8, 4) is 0 Å². The van der Waals surface area contributed by atoms with E-state index >= 15 is 0 Å². The number of carbonyl (C=O) groups is 1. The fraction of sp³-hybridized carbons (Fsp3) is 0.444. The molecule has 1 N–H and O–H groups in total. The normalized spacial score (nSPS) is 12.4. The van der Waals surface area contributed by atoms with Crippen molar-refractivity contribution in [3.63, 3.8) is 0 Å². The molecule has 0 aliphatic carbocycles. The number of nitrogens with zero attached hydrogens (tertiary/aromatic N) is 2. The Morgan fingerprint density at radius 2 is 1.95 bits per heavy atom. The molecule has 1 aromatic carbocycles. The number of aryl methyl sites for hydroxylation is 2. The van der Waals surface area contributed by atoms with E-state index < -0.39 is 0 Å². The molecule has 0 fully saturated rings. The molecule has 0 saturated heterocycles. The van der Waals surface area contributed by atoms with Gasteiger partial charge in [-0.3, -0.25) is 4.79 Å². The van der Waals surface area contributed by atoms with Crippen molar-refractivity contribution in [3.05, 3.63) is 53.6 Å². The van der Waals surface area contributed by atoms with Gasteiger partial charge in [-0.05, 0) is 30.9 Å². The fourth-order valence-electron chi connectivity index (χ4n) is 2.77. The van der Waals surface area contributed by atoms with Gasteiger partial charge in [-0.15, -0.1) is 0 Å². The summed E-state index contributed by atoms with van der Waals surface area (Å²) in [7, 11) is 1.96. The Balaban J connectivity index is 2.37. The number of benzene rings is 1. The monoisotopic (exact) mass is 299 g/mol. The lowest BCUT2D eigenvalue weighted by molar-refractivity contribution is -0.125. The molecular weight excluding hydrogens is 274 g/mol. The van der Waals surface area contributed by atoms with Gasteiger partial charge in [-0.2, -0.15) is 0 Å². The van der Waals surface area contributed by atoms with Crippen LogP contribution in [0.1, 0.15) is 49.7 Å². The summed E-state index contributed by atoms with van der Waals surface area (Å²) in [5, 5.41) is 3.20. The zero-order valence-corrected chi connectivity index (χ0v) is 13.8. The van der Waals surface area contributed by atoms with Gasteiger partial charge in [0.05, 0.1) is 0 Å². The molecule has 1 heterocycles. The van der Waals surface area contributed by atoms with Crippen molar-refractivity contribution >= 4 is 5.91 Å². The van der Waals surface area contributed by atoms with Crippen LogP contribution in [0.2, 0.25) is 0 Å². The second-order valence-electron chi connectivity index (χ2n) is 5.71. The molecule has 4 nitrogen and oxygen atoms in total. The average Bonchev–Trinajstić information content (AvgIpc) is 2.93. The SMILES string of the molecule is CCC(CC)C(=O)NC(c1ccccc1C)c1nccn1C. The van der Waals surface area contributed by atoms with Gasteiger partial charge in [-0.25, -0.2) is 4.98 Å². The molecular formula is C18H25N3O. The molecule has 22 heavy (non-hydrogen) atoms. The third kappa shape index (κ3) is 3.38. The summed E-state index contributed by atoms with van der Waals surface area (Å²) in [4.78, 5) is 17.0. The molecule has 2 rings (SSSR count). The highest BCUT2D eigenvalue weighted by atomic mass is 16.1. The summed E-state index contributed by atoms with van der Waals surface area (Å²) in [5.41, 5.74) is 2.25. The molecule has 0 saturated carbocycles. The molecule has 1 amide bonds. The van der Waals surface area contributed by atoms with Crippen LogP contribution < -0.4 is 5.32 Å². The van der Waals surface area contributed by atoms with Crippen LogP contribution in [0.3, 0.4) is 0 Å². The predicted octanol–water partition coefficient (Wildman–Crippen LogP) is 3.37. The lowest BCUT2D eigenvalue weighted by Crippen LogP contribution is -2.35. The second-order valence-corrected chi connectivity index (χ2v) is 5.71.